The molecule has 0 bridgehead atoms. The molecule has 3 heterocycles. The fraction of sp³-hybridized carbons (Fsp3) is 0.833. The summed E-state index contributed by atoms with van der Waals surface area (Å²) in [6, 6.07) is 0.273. The lowest BCUT2D eigenvalue weighted by atomic mass is 9.77. The number of alkyl halides is 3. The van der Waals surface area contributed by atoms with E-state index in [0.29, 0.717) is 37.8 Å². The minimum Gasteiger partial charge on any atom is -0.335 e. The molecule has 4 rings (SSSR count). The third kappa shape index (κ3) is 3.30. The fourth-order valence-corrected chi connectivity index (χ4v) is 5.13. The molecule has 1 saturated heterocycles. The van der Waals surface area contributed by atoms with E-state index >= 15 is 0 Å². The molecule has 0 radical (unpaired) electrons. The van der Waals surface area contributed by atoms with Crippen LogP contribution in [0.5, 0.6) is 0 Å². The first-order valence-electron chi connectivity index (χ1n) is 9.97. The molecular weight excluding hydrogens is 373 g/mol. The molecule has 156 valence electrons. The van der Waals surface area contributed by atoms with Crippen LogP contribution in [0.3, 0.4) is 0 Å². The number of rotatable bonds is 3. The molecule has 1 aromatic heterocycles. The van der Waals surface area contributed by atoms with E-state index in [0.717, 1.165) is 32.2 Å². The smallest absolute Gasteiger partial charge is 0.335 e. The van der Waals surface area contributed by atoms with Gasteiger partial charge in [-0.3, -0.25) is 9.69 Å². The molecule has 3 aliphatic rings. The van der Waals surface area contributed by atoms with Gasteiger partial charge in [0.15, 0.2) is 0 Å². The highest BCUT2D eigenvalue weighted by Gasteiger charge is 2.46. The number of amides is 1. The first-order chi connectivity index (χ1) is 13.2. The number of aromatic nitrogens is 3. The number of hydrogen-bond acceptors (Lipinski definition) is 5. The highest BCUT2D eigenvalue weighted by atomic mass is 19.4. The predicted octanol–water partition coefficient (Wildman–Crippen LogP) is 1.62. The van der Waals surface area contributed by atoms with Crippen molar-refractivity contribution >= 4 is 5.91 Å². The molecule has 1 saturated carbocycles. The molecule has 2 N–H and O–H groups in total. The van der Waals surface area contributed by atoms with Crippen molar-refractivity contribution < 1.29 is 18.0 Å². The van der Waals surface area contributed by atoms with Gasteiger partial charge in [0.05, 0.1) is 12.1 Å². The second-order valence-electron chi connectivity index (χ2n) is 8.53. The summed E-state index contributed by atoms with van der Waals surface area (Å²) in [5, 5.41) is 7.13. The van der Waals surface area contributed by atoms with Gasteiger partial charge < -0.3 is 15.2 Å². The summed E-state index contributed by atoms with van der Waals surface area (Å²) in [5.74, 6) is 0.0273. The number of hydrogen-bond donors (Lipinski definition) is 1. The van der Waals surface area contributed by atoms with Crippen molar-refractivity contribution in [1.29, 1.82) is 0 Å². The second-order valence-corrected chi connectivity index (χ2v) is 8.53. The minimum absolute atomic E-state index is 0.196. The summed E-state index contributed by atoms with van der Waals surface area (Å²) in [4.78, 5) is 16.6. The van der Waals surface area contributed by atoms with E-state index in [9.17, 15) is 18.0 Å². The lowest BCUT2D eigenvalue weighted by Crippen LogP contribution is -2.58. The topological polar surface area (TPSA) is 80.3 Å². The van der Waals surface area contributed by atoms with Gasteiger partial charge in [-0.15, -0.1) is 10.2 Å². The highest BCUT2D eigenvalue weighted by Crippen LogP contribution is 2.39. The molecule has 1 aliphatic carbocycles. The van der Waals surface area contributed by atoms with Crippen LogP contribution in [-0.4, -0.2) is 61.7 Å². The molecule has 7 nitrogen and oxygen atoms in total. The summed E-state index contributed by atoms with van der Waals surface area (Å²) < 4.78 is 40.2. The molecule has 2 aliphatic heterocycles. The largest absolute Gasteiger partial charge is 0.451 e. The lowest BCUT2D eigenvalue weighted by molar-refractivity contribution is -0.148. The van der Waals surface area contributed by atoms with E-state index in [-0.39, 0.29) is 24.0 Å². The molecule has 1 atom stereocenters. The lowest BCUT2D eigenvalue weighted by Gasteiger charge is -2.48. The van der Waals surface area contributed by atoms with Crippen LogP contribution in [0.2, 0.25) is 0 Å². The predicted molar refractivity (Wildman–Crippen MR) is 95.0 cm³/mol. The maximum Gasteiger partial charge on any atom is 0.451 e. The zero-order chi connectivity index (χ0) is 20.1. The first kappa shape index (κ1) is 19.6. The zero-order valence-electron chi connectivity index (χ0n) is 16.1. The molecule has 1 amide bonds. The molecule has 2 fully saturated rings. The summed E-state index contributed by atoms with van der Waals surface area (Å²) >= 11 is 0. The quantitative estimate of drug-likeness (QED) is 0.834. The number of carbonyl (C=O) groups is 1. The van der Waals surface area contributed by atoms with E-state index in [1.54, 1.807) is 0 Å². The van der Waals surface area contributed by atoms with Gasteiger partial charge in [-0.05, 0) is 31.6 Å². The van der Waals surface area contributed by atoms with Crippen molar-refractivity contribution in [2.24, 2.45) is 11.7 Å². The van der Waals surface area contributed by atoms with Crippen LogP contribution >= 0.6 is 0 Å². The van der Waals surface area contributed by atoms with Crippen LogP contribution < -0.4 is 5.73 Å². The molecule has 1 unspecified atom stereocenters. The van der Waals surface area contributed by atoms with Crippen molar-refractivity contribution in [3.63, 3.8) is 0 Å². The number of halogens is 3. The number of fused-ring (bicyclic) bond motifs is 1. The Balaban J connectivity index is 1.42. The van der Waals surface area contributed by atoms with E-state index in [1.807, 2.05) is 4.90 Å². The molecule has 10 heteroatoms. The number of nitrogens with two attached hydrogens (primary N) is 1. The van der Waals surface area contributed by atoms with E-state index in [2.05, 4.69) is 22.0 Å². The number of nitrogens with zero attached hydrogens (tertiary/aromatic N) is 5. The Morgan fingerprint density at radius 2 is 1.93 bits per heavy atom. The SMILES string of the molecule is CC1CC(=O)N([C@]2(CN)CC[C@H](N3CCn4c(nnc4C(F)(F)F)C3)CC2)C1. The second kappa shape index (κ2) is 6.98. The third-order valence-electron chi connectivity index (χ3n) is 6.71. The van der Waals surface area contributed by atoms with Gasteiger partial charge >= 0.3 is 6.18 Å². The number of carbonyl (C=O) groups excluding carboxylic acids is 1. The Morgan fingerprint density at radius 3 is 2.50 bits per heavy atom. The van der Waals surface area contributed by atoms with Crippen LogP contribution in [0.1, 0.15) is 50.7 Å². The van der Waals surface area contributed by atoms with Crippen LogP contribution in [0.4, 0.5) is 13.2 Å². The van der Waals surface area contributed by atoms with Crippen LogP contribution in [0.25, 0.3) is 0 Å². The van der Waals surface area contributed by atoms with Crippen molar-refractivity contribution in [3.8, 4) is 0 Å². The van der Waals surface area contributed by atoms with E-state index in [4.69, 9.17) is 5.73 Å². The average Bonchev–Trinajstić information content (AvgIpc) is 3.24. The average molecular weight is 400 g/mol. The maximum atomic E-state index is 13.0. The Morgan fingerprint density at radius 1 is 1.21 bits per heavy atom. The normalized spacial score (nSPS) is 32.0. The maximum absolute atomic E-state index is 13.0. The minimum atomic E-state index is -4.47. The van der Waals surface area contributed by atoms with Crippen molar-refractivity contribution in [2.75, 3.05) is 19.6 Å². The monoisotopic (exact) mass is 400 g/mol. The summed E-state index contributed by atoms with van der Waals surface area (Å²) in [5.41, 5.74) is 5.85. The summed E-state index contributed by atoms with van der Waals surface area (Å²) in [6.07, 6.45) is -0.439. The van der Waals surface area contributed by atoms with Gasteiger partial charge in [-0.2, -0.15) is 13.2 Å². The van der Waals surface area contributed by atoms with Gasteiger partial charge in [-0.25, -0.2) is 0 Å². The van der Waals surface area contributed by atoms with Gasteiger partial charge in [-0.1, -0.05) is 6.92 Å². The molecular formula is C18H27F3N6O. The van der Waals surface area contributed by atoms with E-state index in [1.165, 1.54) is 4.57 Å². The van der Waals surface area contributed by atoms with Crippen molar-refractivity contribution in [3.05, 3.63) is 11.6 Å². The Labute approximate surface area is 162 Å². The Hall–Kier alpha value is -1.68. The van der Waals surface area contributed by atoms with Gasteiger partial charge in [0.1, 0.15) is 5.82 Å². The summed E-state index contributed by atoms with van der Waals surface area (Å²) in [7, 11) is 0. The zero-order valence-corrected chi connectivity index (χ0v) is 16.1. The highest BCUT2D eigenvalue weighted by molar-refractivity contribution is 5.79. The van der Waals surface area contributed by atoms with Gasteiger partial charge in [0.25, 0.3) is 0 Å². The fourth-order valence-electron chi connectivity index (χ4n) is 5.13. The molecule has 1 aromatic rings. The van der Waals surface area contributed by atoms with Crippen molar-refractivity contribution in [2.45, 2.75) is 69.9 Å². The third-order valence-corrected chi connectivity index (χ3v) is 6.71. The van der Waals surface area contributed by atoms with Crippen LogP contribution in [0.15, 0.2) is 0 Å². The molecule has 0 spiro atoms. The number of likely N-dealkylation sites (tertiary alicyclic amines) is 1. The Kier molecular flexibility index (Phi) is 4.89. The van der Waals surface area contributed by atoms with Gasteiger partial charge in [0, 0.05) is 38.6 Å². The van der Waals surface area contributed by atoms with Crippen molar-refractivity contribution in [1.82, 2.24) is 24.6 Å². The Bertz CT molecular complexity index is 740. The first-order valence-corrected chi connectivity index (χ1v) is 9.97. The molecule has 0 aromatic carbocycles. The van der Waals surface area contributed by atoms with Gasteiger partial charge in [0.2, 0.25) is 11.7 Å². The standard InChI is InChI=1S/C18H27F3N6O/c1-12-8-15(28)27(9-12)17(11-22)4-2-13(3-5-17)25-6-7-26-14(10-25)23-24-16(26)18(19,20)21/h12-13H,2-11,22H2,1H3/t12?,13-,17+. The van der Waals surface area contributed by atoms with Crippen LogP contribution in [0, 0.1) is 5.92 Å². The summed E-state index contributed by atoms with van der Waals surface area (Å²) in [6.45, 7) is 4.50. The molecule has 28 heavy (non-hydrogen) atoms. The van der Waals surface area contributed by atoms with Crippen LogP contribution in [-0.2, 0) is 24.1 Å². The van der Waals surface area contributed by atoms with E-state index < -0.39 is 12.0 Å².